The van der Waals surface area contributed by atoms with Gasteiger partial charge >= 0.3 is 0 Å². The molecular weight excluding hydrogens is 370 g/mol. The first kappa shape index (κ1) is 20.2. The van der Waals surface area contributed by atoms with Crippen molar-refractivity contribution in [2.75, 3.05) is 7.11 Å². The van der Waals surface area contributed by atoms with Crippen LogP contribution < -0.4 is 4.74 Å². The van der Waals surface area contributed by atoms with Gasteiger partial charge in [-0.15, -0.1) is 21.5 Å². The number of thiazole rings is 1. The number of nitrogens with zero attached hydrogens (tertiary/aromatic N) is 5. The highest BCUT2D eigenvalue weighted by Crippen LogP contribution is 2.26. The number of rotatable bonds is 9. The lowest BCUT2D eigenvalue weighted by molar-refractivity contribution is 0.414. The zero-order chi connectivity index (χ0) is 19.9. The Morgan fingerprint density at radius 1 is 1.29 bits per heavy atom. The highest BCUT2D eigenvalue weighted by molar-refractivity contribution is 7.09. The highest BCUT2D eigenvalue weighted by atomic mass is 32.1. The number of hydrogen-bond donors (Lipinski definition) is 0. The van der Waals surface area contributed by atoms with Gasteiger partial charge in [0.1, 0.15) is 5.75 Å². The normalized spacial score (nSPS) is 11.6. The molecule has 148 valence electrons. The van der Waals surface area contributed by atoms with Crippen LogP contribution in [0.3, 0.4) is 0 Å². The van der Waals surface area contributed by atoms with Crippen molar-refractivity contribution in [3.63, 3.8) is 0 Å². The lowest BCUT2D eigenvalue weighted by atomic mass is 10.1. The molecule has 2 aromatic heterocycles. The van der Waals surface area contributed by atoms with E-state index in [1.54, 1.807) is 23.2 Å². The van der Waals surface area contributed by atoms with E-state index in [2.05, 4.69) is 46.8 Å². The van der Waals surface area contributed by atoms with E-state index in [0.29, 0.717) is 18.3 Å². The van der Waals surface area contributed by atoms with Crippen LogP contribution in [0.2, 0.25) is 0 Å². The Labute approximate surface area is 170 Å². The van der Waals surface area contributed by atoms with Gasteiger partial charge in [-0.25, -0.2) is 4.98 Å². The number of tetrazole rings is 1. The molecule has 0 unspecified atom stereocenters. The minimum absolute atomic E-state index is 0.506. The number of allylic oxidation sites excluding steroid dienone is 1. The van der Waals surface area contributed by atoms with Crippen molar-refractivity contribution in [2.45, 2.75) is 52.5 Å². The van der Waals surface area contributed by atoms with E-state index in [1.807, 2.05) is 25.1 Å². The second-order valence-corrected chi connectivity index (χ2v) is 7.77. The Hall–Kier alpha value is -2.54. The van der Waals surface area contributed by atoms with Crippen molar-refractivity contribution >= 4 is 17.4 Å². The van der Waals surface area contributed by atoms with Crippen molar-refractivity contribution in [3.05, 3.63) is 45.9 Å². The number of methoxy groups -OCH3 is 1. The molecule has 0 aliphatic rings. The van der Waals surface area contributed by atoms with Crippen molar-refractivity contribution in [3.8, 4) is 17.1 Å². The molecule has 0 spiro atoms. The summed E-state index contributed by atoms with van der Waals surface area (Å²) in [4.78, 5) is 6.28. The van der Waals surface area contributed by atoms with Gasteiger partial charge in [-0.1, -0.05) is 26.0 Å². The molecule has 0 N–H and O–H groups in total. The van der Waals surface area contributed by atoms with Gasteiger partial charge in [-0.2, -0.15) is 4.80 Å². The van der Waals surface area contributed by atoms with E-state index < -0.39 is 0 Å². The van der Waals surface area contributed by atoms with Crippen LogP contribution in [0.4, 0.5) is 0 Å². The molecule has 0 saturated heterocycles. The molecule has 3 aromatic rings. The Morgan fingerprint density at radius 2 is 2.14 bits per heavy atom. The van der Waals surface area contributed by atoms with E-state index in [9.17, 15) is 0 Å². The molecule has 7 heteroatoms. The second-order valence-electron chi connectivity index (χ2n) is 6.88. The molecule has 0 saturated carbocycles. The van der Waals surface area contributed by atoms with Crippen molar-refractivity contribution in [2.24, 2.45) is 0 Å². The monoisotopic (exact) mass is 397 g/mol. The predicted molar refractivity (Wildman–Crippen MR) is 114 cm³/mol. The van der Waals surface area contributed by atoms with Gasteiger partial charge in [0.2, 0.25) is 5.82 Å². The van der Waals surface area contributed by atoms with Crippen LogP contribution in [-0.2, 0) is 13.0 Å². The van der Waals surface area contributed by atoms with E-state index in [1.165, 1.54) is 10.7 Å². The van der Waals surface area contributed by atoms with Crippen LogP contribution in [0.25, 0.3) is 17.5 Å². The first-order chi connectivity index (χ1) is 13.6. The van der Waals surface area contributed by atoms with Crippen LogP contribution in [-0.4, -0.2) is 32.3 Å². The zero-order valence-electron chi connectivity index (χ0n) is 16.9. The van der Waals surface area contributed by atoms with Gasteiger partial charge in [-0.05, 0) is 49.6 Å². The lowest BCUT2D eigenvalue weighted by Crippen LogP contribution is -1.98. The molecule has 0 radical (unpaired) electrons. The fourth-order valence-electron chi connectivity index (χ4n) is 2.81. The Balaban J connectivity index is 1.62. The zero-order valence-corrected chi connectivity index (χ0v) is 17.7. The quantitative estimate of drug-likeness (QED) is 0.476. The summed E-state index contributed by atoms with van der Waals surface area (Å²) in [6.45, 7) is 7.06. The summed E-state index contributed by atoms with van der Waals surface area (Å²) in [5.74, 6) is 1.97. The van der Waals surface area contributed by atoms with Crippen LogP contribution in [0, 0.1) is 0 Å². The fourth-order valence-corrected chi connectivity index (χ4v) is 3.68. The number of ether oxygens (including phenoxy) is 1. The molecular formula is C21H27N5OS. The number of unbranched alkanes of at least 4 members (excludes halogenated alkanes) is 1. The van der Waals surface area contributed by atoms with Crippen LogP contribution in [0.15, 0.2) is 29.7 Å². The lowest BCUT2D eigenvalue weighted by Gasteiger charge is -2.06. The summed E-state index contributed by atoms with van der Waals surface area (Å²) in [5, 5.41) is 15.9. The number of hydrogen-bond acceptors (Lipinski definition) is 6. The molecule has 28 heavy (non-hydrogen) atoms. The maximum Gasteiger partial charge on any atom is 0.204 e. The Kier molecular flexibility index (Phi) is 6.92. The van der Waals surface area contributed by atoms with Crippen molar-refractivity contribution in [1.82, 2.24) is 25.2 Å². The van der Waals surface area contributed by atoms with Crippen molar-refractivity contribution < 1.29 is 4.74 Å². The smallest absolute Gasteiger partial charge is 0.204 e. The van der Waals surface area contributed by atoms with Gasteiger partial charge in [0.15, 0.2) is 0 Å². The molecule has 0 amide bonds. The fraction of sp³-hybridized carbons (Fsp3) is 0.429. The topological polar surface area (TPSA) is 65.7 Å². The van der Waals surface area contributed by atoms with Crippen molar-refractivity contribution in [1.29, 1.82) is 0 Å². The van der Waals surface area contributed by atoms with E-state index in [-0.39, 0.29) is 0 Å². The average Bonchev–Trinajstić information content (AvgIpc) is 3.37. The van der Waals surface area contributed by atoms with Gasteiger partial charge < -0.3 is 4.74 Å². The molecule has 0 bridgehead atoms. The minimum atomic E-state index is 0.506. The second kappa shape index (κ2) is 9.59. The van der Waals surface area contributed by atoms with Gasteiger partial charge in [0.05, 0.1) is 24.4 Å². The molecule has 0 aliphatic heterocycles. The van der Waals surface area contributed by atoms with E-state index in [0.717, 1.165) is 36.1 Å². The van der Waals surface area contributed by atoms with Gasteiger partial charge in [0.25, 0.3) is 0 Å². The standard InChI is InChI=1S/C21H27N5OS/c1-5-26-24-20(23-25-26)17-11-12-19(27-4)16(13-17)9-7-6-8-10-18-14-28-21(22-18)15(2)3/h7,9,11-15H,5-6,8,10H2,1-4H3/b9-7+. The largest absolute Gasteiger partial charge is 0.496 e. The Morgan fingerprint density at radius 3 is 2.82 bits per heavy atom. The summed E-state index contributed by atoms with van der Waals surface area (Å²) >= 11 is 1.76. The summed E-state index contributed by atoms with van der Waals surface area (Å²) < 4.78 is 5.49. The third-order valence-corrected chi connectivity index (χ3v) is 5.58. The van der Waals surface area contributed by atoms with Gasteiger partial charge in [-0.3, -0.25) is 0 Å². The van der Waals surface area contributed by atoms with Crippen LogP contribution >= 0.6 is 11.3 Å². The first-order valence-electron chi connectivity index (χ1n) is 9.67. The van der Waals surface area contributed by atoms with Crippen LogP contribution in [0.5, 0.6) is 5.75 Å². The van der Waals surface area contributed by atoms with E-state index in [4.69, 9.17) is 9.72 Å². The minimum Gasteiger partial charge on any atom is -0.496 e. The van der Waals surface area contributed by atoms with E-state index >= 15 is 0 Å². The summed E-state index contributed by atoms with van der Waals surface area (Å²) in [6, 6.07) is 5.95. The molecule has 0 aliphatic carbocycles. The number of aromatic nitrogens is 5. The molecule has 0 atom stereocenters. The summed E-state index contributed by atoms with van der Waals surface area (Å²) in [5.41, 5.74) is 3.15. The first-order valence-corrected chi connectivity index (χ1v) is 10.6. The average molecular weight is 398 g/mol. The maximum atomic E-state index is 5.49. The van der Waals surface area contributed by atoms with Crippen LogP contribution in [0.1, 0.15) is 55.8 Å². The summed E-state index contributed by atoms with van der Waals surface area (Å²) in [7, 11) is 1.69. The molecule has 2 heterocycles. The molecule has 0 fully saturated rings. The maximum absolute atomic E-state index is 5.49. The molecule has 1 aromatic carbocycles. The highest BCUT2D eigenvalue weighted by Gasteiger charge is 2.09. The number of aryl methyl sites for hydroxylation is 2. The molecule has 3 rings (SSSR count). The van der Waals surface area contributed by atoms with Gasteiger partial charge in [0, 0.05) is 22.4 Å². The SMILES string of the molecule is CCn1nnc(-c2ccc(OC)c(/C=C/CCCc3csc(C(C)C)n3)c2)n1. The third-order valence-electron chi connectivity index (χ3n) is 4.39. The molecule has 6 nitrogen and oxygen atoms in total. The summed E-state index contributed by atoms with van der Waals surface area (Å²) in [6.07, 6.45) is 7.37. The third kappa shape index (κ3) is 5.04. The Bertz CT molecular complexity index is 929. The number of benzene rings is 1. The predicted octanol–water partition coefficient (Wildman–Crippen LogP) is 4.98.